The molecule has 0 aromatic carbocycles. The number of allylic oxidation sites excluding steroid dienone is 1. The van der Waals surface area contributed by atoms with Crippen LogP contribution in [0.5, 0.6) is 0 Å². The van der Waals surface area contributed by atoms with Crippen LogP contribution in [0.4, 0.5) is 0 Å². The van der Waals surface area contributed by atoms with Crippen LogP contribution in [0.15, 0.2) is 12.2 Å². The van der Waals surface area contributed by atoms with Gasteiger partial charge in [-0.1, -0.05) is 12.2 Å². The van der Waals surface area contributed by atoms with E-state index in [1.807, 2.05) is 0 Å². The molecule has 3 saturated carbocycles. The van der Waals surface area contributed by atoms with E-state index in [9.17, 15) is 10.1 Å². The lowest BCUT2D eigenvalue weighted by Crippen LogP contribution is -2.63. The first-order chi connectivity index (χ1) is 11.1. The number of rotatable bonds is 0. The Morgan fingerprint density at radius 3 is 2.87 bits per heavy atom. The molecule has 5 aliphatic carbocycles. The molecule has 4 fully saturated rings. The minimum Gasteiger partial charge on any atom is -0.347 e. The molecule has 23 heavy (non-hydrogen) atoms. The van der Waals surface area contributed by atoms with Gasteiger partial charge in [0.25, 0.3) is 0 Å². The van der Waals surface area contributed by atoms with Crippen LogP contribution in [0.2, 0.25) is 0 Å². The highest BCUT2D eigenvalue weighted by atomic mass is 16.7. The van der Waals surface area contributed by atoms with E-state index in [0.29, 0.717) is 25.4 Å². The third kappa shape index (κ3) is 1.60. The molecule has 4 heteroatoms. The number of nitrogens with zero attached hydrogens (tertiary/aromatic N) is 1. The number of hydrogen-bond donors (Lipinski definition) is 0. The van der Waals surface area contributed by atoms with Gasteiger partial charge in [-0.25, -0.2) is 0 Å². The van der Waals surface area contributed by atoms with Crippen molar-refractivity contribution in [1.82, 2.24) is 0 Å². The van der Waals surface area contributed by atoms with E-state index in [-0.39, 0.29) is 23.2 Å². The summed E-state index contributed by atoms with van der Waals surface area (Å²) < 4.78 is 12.1. The molecule has 0 aromatic rings. The van der Waals surface area contributed by atoms with Gasteiger partial charge in [-0.2, -0.15) is 5.26 Å². The second-order valence-electron chi connectivity index (χ2n) is 8.24. The largest absolute Gasteiger partial charge is 0.347 e. The number of Topliss-reactive ketones (excluding diaryl/α,β-unsaturated/α-hetero) is 1. The normalized spacial score (nSPS) is 49.7. The Hall–Kier alpha value is -1.18. The second-order valence-corrected chi connectivity index (χ2v) is 8.24. The summed E-state index contributed by atoms with van der Waals surface area (Å²) >= 11 is 0. The lowest BCUT2D eigenvalue weighted by atomic mass is 9.41. The lowest BCUT2D eigenvalue weighted by molar-refractivity contribution is -0.254. The molecule has 1 aliphatic heterocycles. The van der Waals surface area contributed by atoms with Crippen molar-refractivity contribution in [3.05, 3.63) is 12.2 Å². The number of carbonyl (C=O) groups excluding carboxylic acids is 1. The second kappa shape index (κ2) is 4.46. The summed E-state index contributed by atoms with van der Waals surface area (Å²) in [5.41, 5.74) is -0.459. The van der Waals surface area contributed by atoms with E-state index in [0.717, 1.165) is 38.5 Å². The average molecular weight is 313 g/mol. The molecule has 1 heterocycles. The van der Waals surface area contributed by atoms with Gasteiger partial charge in [0.05, 0.1) is 24.7 Å². The summed E-state index contributed by atoms with van der Waals surface area (Å²) in [5, 5.41) is 10.1. The highest BCUT2D eigenvalue weighted by molar-refractivity contribution is 5.83. The molecule has 6 aliphatic rings. The van der Waals surface area contributed by atoms with Crippen LogP contribution in [0.3, 0.4) is 0 Å². The van der Waals surface area contributed by atoms with Crippen LogP contribution in [-0.4, -0.2) is 24.8 Å². The third-order valence-electron chi connectivity index (χ3n) is 7.51. The highest BCUT2D eigenvalue weighted by Crippen LogP contribution is 2.69. The maximum absolute atomic E-state index is 12.5. The number of ether oxygens (including phenoxy) is 2. The van der Waals surface area contributed by atoms with Crippen molar-refractivity contribution in [2.45, 2.75) is 50.7 Å². The molecule has 2 bridgehead atoms. The van der Waals surface area contributed by atoms with Crippen molar-refractivity contribution in [3.63, 3.8) is 0 Å². The topological polar surface area (TPSA) is 59.3 Å². The quantitative estimate of drug-likeness (QED) is 0.645. The first-order valence-electron chi connectivity index (χ1n) is 9.05. The fourth-order valence-corrected chi connectivity index (χ4v) is 6.60. The number of nitriles is 1. The van der Waals surface area contributed by atoms with Gasteiger partial charge in [-0.3, -0.25) is 4.79 Å². The number of ketones is 1. The van der Waals surface area contributed by atoms with Gasteiger partial charge in [0.15, 0.2) is 5.79 Å². The Kier molecular flexibility index (Phi) is 2.75. The monoisotopic (exact) mass is 313 g/mol. The molecule has 6 rings (SSSR count). The highest BCUT2D eigenvalue weighted by Gasteiger charge is 2.68. The first-order valence-corrected chi connectivity index (χ1v) is 9.05. The maximum atomic E-state index is 12.5. The van der Waals surface area contributed by atoms with Crippen molar-refractivity contribution in [2.75, 3.05) is 13.2 Å². The van der Waals surface area contributed by atoms with E-state index < -0.39 is 11.2 Å². The maximum Gasteiger partial charge on any atom is 0.175 e. The van der Waals surface area contributed by atoms with Gasteiger partial charge in [0.2, 0.25) is 0 Å². The van der Waals surface area contributed by atoms with Crippen molar-refractivity contribution >= 4 is 5.78 Å². The minimum absolute atomic E-state index is 0.0110. The summed E-state index contributed by atoms with van der Waals surface area (Å²) in [6.45, 7) is 1.35. The molecule has 5 atom stereocenters. The fraction of sp³-hybridized carbons (Fsp3) is 0.789. The Balaban J connectivity index is 1.59. The molecule has 5 unspecified atom stereocenters. The smallest absolute Gasteiger partial charge is 0.175 e. The summed E-state index contributed by atoms with van der Waals surface area (Å²) in [5.74, 6) is 0.370. The predicted molar refractivity (Wildman–Crippen MR) is 82.1 cm³/mol. The summed E-state index contributed by atoms with van der Waals surface area (Å²) in [4.78, 5) is 12.5. The van der Waals surface area contributed by atoms with E-state index in [4.69, 9.17) is 9.47 Å². The first kappa shape index (κ1) is 14.2. The van der Waals surface area contributed by atoms with Gasteiger partial charge in [0, 0.05) is 24.7 Å². The van der Waals surface area contributed by atoms with Crippen LogP contribution in [0, 0.1) is 39.9 Å². The molecule has 0 amide bonds. The summed E-state index contributed by atoms with van der Waals surface area (Å²) in [6.07, 6.45) is 10.7. The fourth-order valence-electron chi connectivity index (χ4n) is 6.60. The molecule has 4 nitrogen and oxygen atoms in total. The minimum atomic E-state index is -0.451. The van der Waals surface area contributed by atoms with Crippen LogP contribution in [0.25, 0.3) is 0 Å². The summed E-state index contributed by atoms with van der Waals surface area (Å²) in [7, 11) is 0. The van der Waals surface area contributed by atoms with Crippen molar-refractivity contribution < 1.29 is 14.3 Å². The Morgan fingerprint density at radius 2 is 2.09 bits per heavy atom. The van der Waals surface area contributed by atoms with E-state index in [1.165, 1.54) is 0 Å². The molecule has 1 saturated heterocycles. The Bertz CT molecular complexity index is 629. The van der Waals surface area contributed by atoms with Gasteiger partial charge < -0.3 is 9.47 Å². The molecule has 0 radical (unpaired) electrons. The van der Waals surface area contributed by atoms with Crippen LogP contribution < -0.4 is 0 Å². The van der Waals surface area contributed by atoms with E-state index >= 15 is 0 Å². The van der Waals surface area contributed by atoms with Gasteiger partial charge >= 0.3 is 0 Å². The van der Waals surface area contributed by atoms with Crippen molar-refractivity contribution in [3.8, 4) is 6.07 Å². The Morgan fingerprint density at radius 1 is 1.26 bits per heavy atom. The number of hydrogen-bond acceptors (Lipinski definition) is 4. The van der Waals surface area contributed by atoms with E-state index in [2.05, 4.69) is 18.2 Å². The summed E-state index contributed by atoms with van der Waals surface area (Å²) in [6, 6.07) is 2.67. The van der Waals surface area contributed by atoms with Crippen molar-refractivity contribution in [1.29, 1.82) is 5.26 Å². The zero-order valence-electron chi connectivity index (χ0n) is 13.4. The standard InChI is InChI=1S/C19H23NO3/c20-12-18-5-1-2-15(21)14(18)4-7-17-6-3-13(10-16(17)18)19(11-17)22-8-9-23-19/h3,6,13-14,16H,1-2,4-5,7-11H2. The number of carbonyl (C=O) groups is 1. The zero-order valence-corrected chi connectivity index (χ0v) is 13.4. The van der Waals surface area contributed by atoms with Gasteiger partial charge in [0.1, 0.15) is 5.78 Å². The average Bonchev–Trinajstić information content (AvgIpc) is 3.02. The number of fused-ring (bicyclic) bond motifs is 1. The molecular weight excluding hydrogens is 290 g/mol. The van der Waals surface area contributed by atoms with Crippen LogP contribution in [-0.2, 0) is 14.3 Å². The molecule has 2 spiro atoms. The van der Waals surface area contributed by atoms with E-state index in [1.54, 1.807) is 0 Å². The Labute approximate surface area is 136 Å². The molecular formula is C19H23NO3. The predicted octanol–water partition coefficient (Wildman–Crippen LogP) is 2.98. The zero-order chi connectivity index (χ0) is 15.7. The molecule has 0 N–H and O–H groups in total. The molecule has 0 aromatic heterocycles. The molecule has 122 valence electrons. The van der Waals surface area contributed by atoms with Crippen LogP contribution >= 0.6 is 0 Å². The SMILES string of the molecule is N#CC12CCCC(=O)C1CCC13C=CC(CC12)C1(C3)OCCO1. The van der Waals surface area contributed by atoms with Crippen molar-refractivity contribution in [2.24, 2.45) is 28.6 Å². The van der Waals surface area contributed by atoms with Crippen LogP contribution in [0.1, 0.15) is 44.9 Å². The van der Waals surface area contributed by atoms with Gasteiger partial charge in [-0.15, -0.1) is 0 Å². The third-order valence-corrected chi connectivity index (χ3v) is 7.51. The van der Waals surface area contributed by atoms with Gasteiger partial charge in [-0.05, 0) is 43.4 Å². The lowest BCUT2D eigenvalue weighted by Gasteiger charge is -2.63.